The molecule has 1 aliphatic heterocycles. The molecule has 0 aromatic heterocycles. The Labute approximate surface area is 129 Å². The average molecular weight is 339 g/mol. The van der Waals surface area contributed by atoms with Crippen molar-refractivity contribution in [2.45, 2.75) is 26.3 Å². The summed E-state index contributed by atoms with van der Waals surface area (Å²) in [4.78, 5) is 6.87. The van der Waals surface area contributed by atoms with Crippen molar-refractivity contribution in [1.29, 1.82) is 0 Å². The molecule has 1 aromatic carbocycles. The summed E-state index contributed by atoms with van der Waals surface area (Å²) in [6.07, 6.45) is 1.14. The van der Waals surface area contributed by atoms with Crippen LogP contribution in [0.25, 0.3) is 0 Å². The molecule has 2 rings (SSSR count). The zero-order chi connectivity index (χ0) is 14.4. The second-order valence-electron chi connectivity index (χ2n) is 4.91. The van der Waals surface area contributed by atoms with Crippen molar-refractivity contribution in [3.05, 3.63) is 28.7 Å². The molecule has 0 saturated carbocycles. The van der Waals surface area contributed by atoms with Crippen LogP contribution in [0.15, 0.2) is 33.7 Å². The number of halogens is 1. The van der Waals surface area contributed by atoms with E-state index in [1.54, 1.807) is 0 Å². The van der Waals surface area contributed by atoms with E-state index in [0.29, 0.717) is 6.04 Å². The molecule has 1 unspecified atom stereocenters. The molecule has 1 fully saturated rings. The van der Waals surface area contributed by atoms with Gasteiger partial charge in [-0.15, -0.1) is 0 Å². The third-order valence-corrected chi connectivity index (χ3v) is 3.91. The summed E-state index contributed by atoms with van der Waals surface area (Å²) in [7, 11) is 0. The summed E-state index contributed by atoms with van der Waals surface area (Å²) in [5.74, 6) is 0.928. The van der Waals surface area contributed by atoms with Gasteiger partial charge in [0.25, 0.3) is 0 Å². The molecule has 1 heterocycles. The van der Waals surface area contributed by atoms with E-state index in [2.05, 4.69) is 74.6 Å². The Balaban J connectivity index is 1.91. The van der Waals surface area contributed by atoms with Gasteiger partial charge in [0.05, 0.1) is 0 Å². The van der Waals surface area contributed by atoms with Crippen molar-refractivity contribution in [2.75, 3.05) is 31.1 Å². The average Bonchev–Trinajstić information content (AvgIpc) is 2.89. The van der Waals surface area contributed by atoms with Crippen LogP contribution >= 0.6 is 15.9 Å². The van der Waals surface area contributed by atoms with E-state index in [-0.39, 0.29) is 0 Å². The van der Waals surface area contributed by atoms with Crippen LogP contribution < -0.4 is 15.5 Å². The summed E-state index contributed by atoms with van der Waals surface area (Å²) in [5.41, 5.74) is 1.29. The van der Waals surface area contributed by atoms with E-state index in [0.717, 1.165) is 43.0 Å². The van der Waals surface area contributed by atoms with Crippen LogP contribution in [0, 0.1) is 0 Å². The molecule has 2 N–H and O–H groups in total. The summed E-state index contributed by atoms with van der Waals surface area (Å²) in [5, 5.41) is 6.80. The number of guanidine groups is 1. The Morgan fingerprint density at radius 3 is 2.75 bits per heavy atom. The van der Waals surface area contributed by atoms with E-state index in [4.69, 9.17) is 0 Å². The Morgan fingerprint density at radius 2 is 2.10 bits per heavy atom. The van der Waals surface area contributed by atoms with Crippen LogP contribution in [0.5, 0.6) is 0 Å². The number of nitrogens with zero attached hydrogens (tertiary/aromatic N) is 2. The van der Waals surface area contributed by atoms with E-state index < -0.39 is 0 Å². The van der Waals surface area contributed by atoms with Crippen molar-refractivity contribution in [2.24, 2.45) is 4.99 Å². The first-order valence-electron chi connectivity index (χ1n) is 7.28. The molecule has 0 radical (unpaired) electrons. The number of aliphatic imine (C=N–C) groups is 1. The summed E-state index contributed by atoms with van der Waals surface area (Å²) in [6.45, 7) is 7.96. The summed E-state index contributed by atoms with van der Waals surface area (Å²) < 4.78 is 1.12. The predicted molar refractivity (Wildman–Crippen MR) is 89.5 cm³/mol. The van der Waals surface area contributed by atoms with Crippen molar-refractivity contribution < 1.29 is 0 Å². The summed E-state index contributed by atoms with van der Waals surface area (Å²) in [6, 6.07) is 8.98. The van der Waals surface area contributed by atoms with Gasteiger partial charge in [-0.05, 0) is 44.5 Å². The maximum Gasteiger partial charge on any atom is 0.191 e. The van der Waals surface area contributed by atoms with Gasteiger partial charge in [0.2, 0.25) is 0 Å². The molecule has 4 nitrogen and oxygen atoms in total. The second kappa shape index (κ2) is 7.53. The SMILES string of the molecule is CCN=C(NCC)NC1CCN(c2ccc(Br)cc2)C1. The highest BCUT2D eigenvalue weighted by molar-refractivity contribution is 9.10. The molecule has 5 heteroatoms. The van der Waals surface area contributed by atoms with E-state index in [9.17, 15) is 0 Å². The lowest BCUT2D eigenvalue weighted by atomic mass is 10.3. The van der Waals surface area contributed by atoms with Crippen molar-refractivity contribution >= 4 is 27.6 Å². The van der Waals surface area contributed by atoms with Crippen molar-refractivity contribution in [3.63, 3.8) is 0 Å². The molecule has 0 aliphatic carbocycles. The Kier molecular flexibility index (Phi) is 5.71. The van der Waals surface area contributed by atoms with Gasteiger partial charge in [-0.1, -0.05) is 15.9 Å². The third kappa shape index (κ3) is 4.13. The third-order valence-electron chi connectivity index (χ3n) is 3.38. The molecule has 0 amide bonds. The largest absolute Gasteiger partial charge is 0.369 e. The first-order valence-corrected chi connectivity index (χ1v) is 8.07. The number of hydrogen-bond donors (Lipinski definition) is 2. The Bertz CT molecular complexity index is 444. The molecule has 1 saturated heterocycles. The molecular weight excluding hydrogens is 316 g/mol. The van der Waals surface area contributed by atoms with E-state index in [1.165, 1.54) is 5.69 Å². The van der Waals surface area contributed by atoms with Crippen LogP contribution in [0.3, 0.4) is 0 Å². The minimum atomic E-state index is 0.461. The summed E-state index contributed by atoms with van der Waals surface area (Å²) >= 11 is 3.48. The maximum atomic E-state index is 4.46. The zero-order valence-electron chi connectivity index (χ0n) is 12.2. The van der Waals surface area contributed by atoms with E-state index in [1.807, 2.05) is 0 Å². The molecule has 0 bridgehead atoms. The molecule has 1 atom stereocenters. The monoisotopic (exact) mass is 338 g/mol. The van der Waals surface area contributed by atoms with Crippen LogP contribution in [0.1, 0.15) is 20.3 Å². The van der Waals surface area contributed by atoms with Crippen LogP contribution in [0.4, 0.5) is 5.69 Å². The lowest BCUT2D eigenvalue weighted by molar-refractivity contribution is 0.650. The van der Waals surface area contributed by atoms with Gasteiger partial charge in [0.15, 0.2) is 5.96 Å². The molecular formula is C15H23BrN4. The van der Waals surface area contributed by atoms with Crippen LogP contribution in [0.2, 0.25) is 0 Å². The first-order chi connectivity index (χ1) is 9.72. The van der Waals surface area contributed by atoms with Gasteiger partial charge < -0.3 is 15.5 Å². The fourth-order valence-electron chi connectivity index (χ4n) is 2.44. The molecule has 20 heavy (non-hydrogen) atoms. The van der Waals surface area contributed by atoms with Gasteiger partial charge in [-0.25, -0.2) is 0 Å². The zero-order valence-corrected chi connectivity index (χ0v) is 13.8. The molecule has 1 aromatic rings. The van der Waals surface area contributed by atoms with Crippen molar-refractivity contribution in [1.82, 2.24) is 10.6 Å². The lowest BCUT2D eigenvalue weighted by Gasteiger charge is -2.20. The number of benzene rings is 1. The van der Waals surface area contributed by atoms with Gasteiger partial charge in [-0.2, -0.15) is 0 Å². The molecule has 1 aliphatic rings. The van der Waals surface area contributed by atoms with Gasteiger partial charge in [-0.3, -0.25) is 4.99 Å². The fraction of sp³-hybridized carbons (Fsp3) is 0.533. The quantitative estimate of drug-likeness (QED) is 0.654. The molecule has 0 spiro atoms. The molecule has 110 valence electrons. The highest BCUT2D eigenvalue weighted by Gasteiger charge is 2.23. The highest BCUT2D eigenvalue weighted by Crippen LogP contribution is 2.22. The fourth-order valence-corrected chi connectivity index (χ4v) is 2.70. The topological polar surface area (TPSA) is 39.7 Å². The maximum absolute atomic E-state index is 4.46. The second-order valence-corrected chi connectivity index (χ2v) is 5.82. The van der Waals surface area contributed by atoms with Crippen LogP contribution in [-0.2, 0) is 0 Å². The highest BCUT2D eigenvalue weighted by atomic mass is 79.9. The number of rotatable bonds is 4. The van der Waals surface area contributed by atoms with Gasteiger partial charge >= 0.3 is 0 Å². The smallest absolute Gasteiger partial charge is 0.191 e. The van der Waals surface area contributed by atoms with Crippen LogP contribution in [-0.4, -0.2) is 38.2 Å². The van der Waals surface area contributed by atoms with E-state index >= 15 is 0 Å². The number of hydrogen-bond acceptors (Lipinski definition) is 2. The normalized spacial score (nSPS) is 19.2. The lowest BCUT2D eigenvalue weighted by Crippen LogP contribution is -2.44. The predicted octanol–water partition coefficient (Wildman–Crippen LogP) is 2.60. The van der Waals surface area contributed by atoms with Gasteiger partial charge in [0, 0.05) is 42.4 Å². The number of nitrogens with one attached hydrogen (secondary N) is 2. The Morgan fingerprint density at radius 1 is 1.35 bits per heavy atom. The first kappa shape index (κ1) is 15.2. The van der Waals surface area contributed by atoms with Gasteiger partial charge in [0.1, 0.15) is 0 Å². The minimum Gasteiger partial charge on any atom is -0.369 e. The Hall–Kier alpha value is -1.23. The minimum absolute atomic E-state index is 0.461. The standard InChI is InChI=1S/C15H23BrN4/c1-3-17-15(18-4-2)19-13-9-10-20(11-13)14-7-5-12(16)6-8-14/h5-8,13H,3-4,9-11H2,1-2H3,(H2,17,18,19). The number of anilines is 1. The van der Waals surface area contributed by atoms with Crippen molar-refractivity contribution in [3.8, 4) is 0 Å².